The number of nitrogens with one attached hydrogen (secondary N) is 1. The van der Waals surface area contributed by atoms with Gasteiger partial charge in [0.25, 0.3) is 0 Å². The second-order valence-corrected chi connectivity index (χ2v) is 5.53. The molecule has 0 saturated carbocycles. The summed E-state index contributed by atoms with van der Waals surface area (Å²) in [4.78, 5) is 8.95. The molecule has 1 fully saturated rings. The Balaban J connectivity index is 2.12. The van der Waals surface area contributed by atoms with Crippen molar-refractivity contribution in [3.05, 3.63) is 15.6 Å². The van der Waals surface area contributed by atoms with Crippen LogP contribution in [-0.4, -0.2) is 22.6 Å². The maximum Gasteiger partial charge on any atom is 0.159 e. The topological polar surface area (TPSA) is 47.0 Å². The standard InChI is InChI=1S/C12H18IN3O/c1-3-6-14-11-9(13)7-15-12(16-11)10-5-4-8(2)17-10/h7-8,10H,3-6H2,1-2H3,(H,14,15,16). The average molecular weight is 347 g/mol. The molecule has 1 aliphatic rings. The summed E-state index contributed by atoms with van der Waals surface area (Å²) in [5.41, 5.74) is 0. The Morgan fingerprint density at radius 1 is 1.53 bits per heavy atom. The van der Waals surface area contributed by atoms with Crippen LogP contribution in [0.4, 0.5) is 5.82 Å². The number of halogens is 1. The molecule has 1 N–H and O–H groups in total. The predicted molar refractivity (Wildman–Crippen MR) is 76.1 cm³/mol. The summed E-state index contributed by atoms with van der Waals surface area (Å²) in [7, 11) is 0. The Hall–Kier alpha value is -0.430. The molecule has 0 radical (unpaired) electrons. The lowest BCUT2D eigenvalue weighted by molar-refractivity contribution is 0.0503. The van der Waals surface area contributed by atoms with Crippen LogP contribution in [0.1, 0.15) is 45.0 Å². The molecule has 2 unspecified atom stereocenters. The van der Waals surface area contributed by atoms with Gasteiger partial charge in [-0.1, -0.05) is 6.92 Å². The smallest absolute Gasteiger partial charge is 0.159 e. The number of hydrogen-bond acceptors (Lipinski definition) is 4. The largest absolute Gasteiger partial charge is 0.369 e. The number of aromatic nitrogens is 2. The fourth-order valence-corrected chi connectivity index (χ4v) is 2.35. The second kappa shape index (κ2) is 5.95. The SMILES string of the molecule is CCCNc1nc(C2CCC(C)O2)ncc1I. The predicted octanol–water partition coefficient (Wildman–Crippen LogP) is 3.14. The van der Waals surface area contributed by atoms with Gasteiger partial charge in [0.1, 0.15) is 11.9 Å². The first-order valence-electron chi connectivity index (χ1n) is 6.12. The van der Waals surface area contributed by atoms with Crippen molar-refractivity contribution in [3.63, 3.8) is 0 Å². The molecule has 17 heavy (non-hydrogen) atoms. The molecular formula is C12H18IN3O. The first-order valence-corrected chi connectivity index (χ1v) is 7.20. The van der Waals surface area contributed by atoms with Crippen LogP contribution in [0.3, 0.4) is 0 Å². The van der Waals surface area contributed by atoms with E-state index in [-0.39, 0.29) is 6.10 Å². The molecule has 0 bridgehead atoms. The zero-order valence-corrected chi connectivity index (χ0v) is 12.4. The van der Waals surface area contributed by atoms with Crippen molar-refractivity contribution in [2.24, 2.45) is 0 Å². The van der Waals surface area contributed by atoms with Gasteiger partial charge in [0, 0.05) is 12.7 Å². The molecule has 2 heterocycles. The van der Waals surface area contributed by atoms with Gasteiger partial charge >= 0.3 is 0 Å². The van der Waals surface area contributed by atoms with Crippen molar-refractivity contribution in [1.82, 2.24) is 9.97 Å². The van der Waals surface area contributed by atoms with Crippen LogP contribution < -0.4 is 5.32 Å². The Morgan fingerprint density at radius 3 is 3.00 bits per heavy atom. The van der Waals surface area contributed by atoms with Gasteiger partial charge in [0.05, 0.1) is 9.67 Å². The van der Waals surface area contributed by atoms with Crippen molar-refractivity contribution in [2.75, 3.05) is 11.9 Å². The van der Waals surface area contributed by atoms with Crippen LogP contribution in [-0.2, 0) is 4.74 Å². The number of nitrogens with zero attached hydrogens (tertiary/aromatic N) is 2. The molecule has 0 spiro atoms. The van der Waals surface area contributed by atoms with Crippen LogP contribution >= 0.6 is 22.6 Å². The van der Waals surface area contributed by atoms with E-state index in [9.17, 15) is 0 Å². The van der Waals surface area contributed by atoms with Crippen LogP contribution in [0, 0.1) is 3.57 Å². The van der Waals surface area contributed by atoms with E-state index in [1.165, 1.54) is 0 Å². The van der Waals surface area contributed by atoms with E-state index in [4.69, 9.17) is 4.74 Å². The number of anilines is 1. The highest BCUT2D eigenvalue weighted by molar-refractivity contribution is 14.1. The van der Waals surface area contributed by atoms with E-state index in [1.807, 2.05) is 6.20 Å². The normalized spacial score (nSPS) is 23.9. The third-order valence-electron chi connectivity index (χ3n) is 2.83. The van der Waals surface area contributed by atoms with Crippen LogP contribution in [0.15, 0.2) is 6.20 Å². The fourth-order valence-electron chi connectivity index (χ4n) is 1.90. The summed E-state index contributed by atoms with van der Waals surface area (Å²) in [6.45, 7) is 5.18. The van der Waals surface area contributed by atoms with Crippen molar-refractivity contribution in [1.29, 1.82) is 0 Å². The molecule has 1 aromatic heterocycles. The highest BCUT2D eigenvalue weighted by Gasteiger charge is 2.26. The molecule has 0 aliphatic carbocycles. The van der Waals surface area contributed by atoms with Gasteiger partial charge in [0.15, 0.2) is 5.82 Å². The van der Waals surface area contributed by atoms with E-state index in [2.05, 4.69) is 51.7 Å². The van der Waals surface area contributed by atoms with E-state index in [1.54, 1.807) is 0 Å². The molecule has 5 heteroatoms. The summed E-state index contributed by atoms with van der Waals surface area (Å²) in [6, 6.07) is 0. The number of ether oxygens (including phenoxy) is 1. The summed E-state index contributed by atoms with van der Waals surface area (Å²) < 4.78 is 6.85. The van der Waals surface area contributed by atoms with Crippen molar-refractivity contribution in [2.45, 2.75) is 45.3 Å². The molecule has 0 aromatic carbocycles. The lowest BCUT2D eigenvalue weighted by Crippen LogP contribution is -2.10. The van der Waals surface area contributed by atoms with E-state index < -0.39 is 0 Å². The van der Waals surface area contributed by atoms with Gasteiger partial charge in [-0.15, -0.1) is 0 Å². The number of hydrogen-bond donors (Lipinski definition) is 1. The Morgan fingerprint density at radius 2 is 2.35 bits per heavy atom. The summed E-state index contributed by atoms with van der Waals surface area (Å²) in [5, 5.41) is 3.32. The van der Waals surface area contributed by atoms with Gasteiger partial charge in [0.2, 0.25) is 0 Å². The van der Waals surface area contributed by atoms with Crippen molar-refractivity contribution < 1.29 is 4.74 Å². The van der Waals surface area contributed by atoms with Gasteiger partial charge in [-0.3, -0.25) is 0 Å². The zero-order valence-electron chi connectivity index (χ0n) is 10.2. The third kappa shape index (κ3) is 3.28. The number of rotatable bonds is 4. The van der Waals surface area contributed by atoms with Gasteiger partial charge in [-0.25, -0.2) is 9.97 Å². The summed E-state index contributed by atoms with van der Waals surface area (Å²) in [5.74, 6) is 1.74. The quantitative estimate of drug-likeness (QED) is 0.850. The van der Waals surface area contributed by atoms with Crippen LogP contribution in [0.2, 0.25) is 0 Å². The summed E-state index contributed by atoms with van der Waals surface area (Å²) >= 11 is 2.26. The molecule has 2 atom stereocenters. The Bertz CT molecular complexity index is 386. The Labute approximate surface area is 116 Å². The fraction of sp³-hybridized carbons (Fsp3) is 0.667. The molecule has 0 amide bonds. The lowest BCUT2D eigenvalue weighted by atomic mass is 10.2. The third-order valence-corrected chi connectivity index (χ3v) is 3.61. The first-order chi connectivity index (χ1) is 8.20. The minimum Gasteiger partial charge on any atom is -0.369 e. The maximum absolute atomic E-state index is 5.79. The molecule has 2 rings (SSSR count). The highest BCUT2D eigenvalue weighted by atomic mass is 127. The van der Waals surface area contributed by atoms with Gasteiger partial charge in [-0.2, -0.15) is 0 Å². The van der Waals surface area contributed by atoms with Crippen molar-refractivity contribution in [3.8, 4) is 0 Å². The molecule has 1 aliphatic heterocycles. The minimum absolute atomic E-state index is 0.0733. The minimum atomic E-state index is 0.0733. The maximum atomic E-state index is 5.79. The van der Waals surface area contributed by atoms with E-state index in [0.29, 0.717) is 6.10 Å². The van der Waals surface area contributed by atoms with Gasteiger partial charge < -0.3 is 10.1 Å². The average Bonchev–Trinajstić information content (AvgIpc) is 2.75. The second-order valence-electron chi connectivity index (χ2n) is 4.36. The van der Waals surface area contributed by atoms with E-state index in [0.717, 1.165) is 41.0 Å². The summed E-state index contributed by atoms with van der Waals surface area (Å²) in [6.07, 6.45) is 5.48. The van der Waals surface area contributed by atoms with E-state index >= 15 is 0 Å². The highest BCUT2D eigenvalue weighted by Crippen LogP contribution is 2.31. The zero-order chi connectivity index (χ0) is 12.3. The lowest BCUT2D eigenvalue weighted by Gasteiger charge is -2.12. The molecular weight excluding hydrogens is 329 g/mol. The Kier molecular flexibility index (Phi) is 4.55. The van der Waals surface area contributed by atoms with Crippen LogP contribution in [0.5, 0.6) is 0 Å². The van der Waals surface area contributed by atoms with Gasteiger partial charge in [-0.05, 0) is 48.8 Å². The molecule has 1 saturated heterocycles. The first kappa shape index (κ1) is 13.0. The van der Waals surface area contributed by atoms with Crippen LogP contribution in [0.25, 0.3) is 0 Å². The molecule has 4 nitrogen and oxygen atoms in total. The molecule has 1 aromatic rings. The molecule has 94 valence electrons. The monoisotopic (exact) mass is 347 g/mol. The van der Waals surface area contributed by atoms with Crippen molar-refractivity contribution >= 4 is 28.4 Å².